The minimum absolute atomic E-state index is 0.630. The number of fused-ring (bicyclic) bond motifs is 1. The Morgan fingerprint density at radius 1 is 1.05 bits per heavy atom. The molecule has 21 heavy (non-hydrogen) atoms. The largest absolute Gasteiger partial charge is 0.445 e. The maximum absolute atomic E-state index is 5.63. The zero-order chi connectivity index (χ0) is 14.1. The molecule has 3 aromatic rings. The standard InChI is InChI=1S/C16H15N3O2/c1-2-4-12(5-3-1)14-11-21-15-13(14)10-17-16(18-15)19-6-8-20-9-7-19/h1-5,10-11H,6-9H2. The maximum atomic E-state index is 5.63. The zero-order valence-corrected chi connectivity index (χ0v) is 11.5. The molecule has 5 nitrogen and oxygen atoms in total. The summed E-state index contributed by atoms with van der Waals surface area (Å²) in [5.74, 6) is 0.708. The second kappa shape index (κ2) is 5.18. The fourth-order valence-electron chi connectivity index (χ4n) is 2.57. The molecule has 0 aliphatic carbocycles. The second-order valence-electron chi connectivity index (χ2n) is 5.00. The first-order valence-corrected chi connectivity index (χ1v) is 7.04. The summed E-state index contributed by atoms with van der Waals surface area (Å²) in [5, 5.41) is 0.943. The van der Waals surface area contributed by atoms with E-state index in [-0.39, 0.29) is 0 Å². The third kappa shape index (κ3) is 2.25. The van der Waals surface area contributed by atoms with Gasteiger partial charge in [-0.1, -0.05) is 30.3 Å². The number of furan rings is 1. The molecule has 106 valence electrons. The molecule has 1 aliphatic heterocycles. The van der Waals surface area contributed by atoms with Crippen LogP contribution >= 0.6 is 0 Å². The van der Waals surface area contributed by atoms with E-state index in [1.54, 1.807) is 6.26 Å². The van der Waals surface area contributed by atoms with E-state index in [1.807, 2.05) is 24.4 Å². The van der Waals surface area contributed by atoms with Crippen molar-refractivity contribution in [2.45, 2.75) is 0 Å². The monoisotopic (exact) mass is 281 g/mol. The number of hydrogen-bond acceptors (Lipinski definition) is 5. The predicted molar refractivity (Wildman–Crippen MR) is 80.3 cm³/mol. The highest BCUT2D eigenvalue weighted by Crippen LogP contribution is 2.29. The van der Waals surface area contributed by atoms with Crippen molar-refractivity contribution in [3.8, 4) is 11.1 Å². The van der Waals surface area contributed by atoms with Gasteiger partial charge in [-0.25, -0.2) is 4.98 Å². The van der Waals surface area contributed by atoms with Crippen LogP contribution in [0.1, 0.15) is 0 Å². The highest BCUT2D eigenvalue weighted by molar-refractivity contribution is 5.91. The number of rotatable bonds is 2. The van der Waals surface area contributed by atoms with Crippen LogP contribution in [0.5, 0.6) is 0 Å². The SMILES string of the molecule is c1ccc(-c2coc3nc(N4CCOCC4)ncc23)cc1. The molecule has 0 unspecified atom stereocenters. The molecule has 5 heteroatoms. The van der Waals surface area contributed by atoms with Gasteiger partial charge in [0.25, 0.3) is 0 Å². The van der Waals surface area contributed by atoms with Gasteiger partial charge in [-0.2, -0.15) is 4.98 Å². The van der Waals surface area contributed by atoms with Crippen LogP contribution in [0.25, 0.3) is 22.2 Å². The Morgan fingerprint density at radius 2 is 1.86 bits per heavy atom. The molecule has 0 saturated carbocycles. The molecule has 0 radical (unpaired) electrons. The first-order valence-electron chi connectivity index (χ1n) is 7.04. The maximum Gasteiger partial charge on any atom is 0.231 e. The van der Waals surface area contributed by atoms with Gasteiger partial charge >= 0.3 is 0 Å². The van der Waals surface area contributed by atoms with Gasteiger partial charge in [0.1, 0.15) is 6.26 Å². The van der Waals surface area contributed by atoms with E-state index in [1.165, 1.54) is 0 Å². The molecular formula is C16H15N3O2. The Balaban J connectivity index is 1.74. The zero-order valence-electron chi connectivity index (χ0n) is 11.5. The van der Waals surface area contributed by atoms with Crippen LogP contribution in [-0.2, 0) is 4.74 Å². The van der Waals surface area contributed by atoms with Crippen molar-refractivity contribution in [3.63, 3.8) is 0 Å². The molecule has 1 aliphatic rings. The average Bonchev–Trinajstić information content (AvgIpc) is 2.99. The summed E-state index contributed by atoms with van der Waals surface area (Å²) >= 11 is 0. The number of ether oxygens (including phenoxy) is 1. The normalized spacial score (nSPS) is 15.5. The van der Waals surface area contributed by atoms with Gasteiger partial charge in [-0.15, -0.1) is 0 Å². The molecule has 0 bridgehead atoms. The minimum atomic E-state index is 0.630. The van der Waals surface area contributed by atoms with E-state index in [4.69, 9.17) is 9.15 Å². The van der Waals surface area contributed by atoms with Gasteiger partial charge in [-0.05, 0) is 5.56 Å². The van der Waals surface area contributed by atoms with Crippen molar-refractivity contribution in [1.82, 2.24) is 9.97 Å². The number of morpholine rings is 1. The Kier molecular flexibility index (Phi) is 3.05. The third-order valence-electron chi connectivity index (χ3n) is 3.70. The molecule has 0 amide bonds. The van der Waals surface area contributed by atoms with Gasteiger partial charge in [0, 0.05) is 24.8 Å². The molecule has 1 fully saturated rings. The smallest absolute Gasteiger partial charge is 0.231 e. The van der Waals surface area contributed by atoms with Gasteiger partial charge in [0.2, 0.25) is 11.7 Å². The van der Waals surface area contributed by atoms with Crippen LogP contribution in [-0.4, -0.2) is 36.3 Å². The summed E-state index contributed by atoms with van der Waals surface area (Å²) in [6, 6.07) is 10.1. The molecule has 4 rings (SSSR count). The third-order valence-corrected chi connectivity index (χ3v) is 3.70. The summed E-state index contributed by atoms with van der Waals surface area (Å²) in [5.41, 5.74) is 2.77. The van der Waals surface area contributed by atoms with Crippen LogP contribution in [0, 0.1) is 0 Å². The Hall–Kier alpha value is -2.40. The molecule has 1 saturated heterocycles. The summed E-state index contributed by atoms with van der Waals surface area (Å²) in [7, 11) is 0. The van der Waals surface area contributed by atoms with Crippen LogP contribution in [0.15, 0.2) is 47.2 Å². The predicted octanol–water partition coefficient (Wildman–Crippen LogP) is 2.73. The molecule has 3 heterocycles. The quantitative estimate of drug-likeness (QED) is 0.723. The van der Waals surface area contributed by atoms with Crippen LogP contribution < -0.4 is 4.90 Å². The van der Waals surface area contributed by atoms with Gasteiger partial charge in [0.15, 0.2) is 0 Å². The van der Waals surface area contributed by atoms with Gasteiger partial charge in [0.05, 0.1) is 18.6 Å². The lowest BCUT2D eigenvalue weighted by Crippen LogP contribution is -2.37. The van der Waals surface area contributed by atoms with Crippen molar-refractivity contribution in [3.05, 3.63) is 42.8 Å². The van der Waals surface area contributed by atoms with E-state index in [0.29, 0.717) is 11.7 Å². The summed E-state index contributed by atoms with van der Waals surface area (Å²) in [6.07, 6.45) is 3.59. The van der Waals surface area contributed by atoms with Crippen molar-refractivity contribution in [2.75, 3.05) is 31.2 Å². The number of hydrogen-bond donors (Lipinski definition) is 0. The van der Waals surface area contributed by atoms with E-state index in [9.17, 15) is 0 Å². The van der Waals surface area contributed by atoms with Gasteiger partial charge in [-0.3, -0.25) is 0 Å². The summed E-state index contributed by atoms with van der Waals surface area (Å²) in [6.45, 7) is 3.07. The molecule has 2 aromatic heterocycles. The lowest BCUT2D eigenvalue weighted by Gasteiger charge is -2.26. The topological polar surface area (TPSA) is 51.4 Å². The van der Waals surface area contributed by atoms with Crippen molar-refractivity contribution >= 4 is 17.0 Å². The molecule has 0 spiro atoms. The number of nitrogens with zero attached hydrogens (tertiary/aromatic N) is 3. The van der Waals surface area contributed by atoms with Crippen LogP contribution in [0.4, 0.5) is 5.95 Å². The van der Waals surface area contributed by atoms with E-state index in [0.717, 1.165) is 42.8 Å². The Morgan fingerprint density at radius 3 is 2.67 bits per heavy atom. The first kappa shape index (κ1) is 12.3. The van der Waals surface area contributed by atoms with Gasteiger partial charge < -0.3 is 14.1 Å². The lowest BCUT2D eigenvalue weighted by molar-refractivity contribution is 0.122. The molecule has 0 N–H and O–H groups in total. The average molecular weight is 281 g/mol. The fraction of sp³-hybridized carbons (Fsp3) is 0.250. The Bertz CT molecular complexity index is 749. The van der Waals surface area contributed by atoms with E-state index in [2.05, 4.69) is 27.0 Å². The molecular weight excluding hydrogens is 266 g/mol. The molecule has 0 atom stereocenters. The van der Waals surface area contributed by atoms with E-state index < -0.39 is 0 Å². The fourth-order valence-corrected chi connectivity index (χ4v) is 2.57. The number of aromatic nitrogens is 2. The van der Waals surface area contributed by atoms with Crippen LogP contribution in [0.3, 0.4) is 0 Å². The lowest BCUT2D eigenvalue weighted by atomic mass is 10.1. The van der Waals surface area contributed by atoms with Crippen LogP contribution in [0.2, 0.25) is 0 Å². The first-order chi connectivity index (χ1) is 10.4. The number of anilines is 1. The number of benzene rings is 1. The highest BCUT2D eigenvalue weighted by Gasteiger charge is 2.16. The minimum Gasteiger partial charge on any atom is -0.445 e. The van der Waals surface area contributed by atoms with E-state index >= 15 is 0 Å². The summed E-state index contributed by atoms with van der Waals surface area (Å²) in [4.78, 5) is 11.1. The van der Waals surface area contributed by atoms with Crippen molar-refractivity contribution in [2.24, 2.45) is 0 Å². The Labute approximate surface area is 122 Å². The second-order valence-corrected chi connectivity index (χ2v) is 5.00. The van der Waals surface area contributed by atoms with Crippen molar-refractivity contribution in [1.29, 1.82) is 0 Å². The summed E-state index contributed by atoms with van der Waals surface area (Å²) < 4.78 is 11.0. The highest BCUT2D eigenvalue weighted by atomic mass is 16.5. The molecule has 1 aromatic carbocycles. The van der Waals surface area contributed by atoms with Crippen molar-refractivity contribution < 1.29 is 9.15 Å².